The first kappa shape index (κ1) is 11.4. The zero-order valence-corrected chi connectivity index (χ0v) is 9.44. The number of hydrogen-bond acceptors (Lipinski definition) is 2. The lowest BCUT2D eigenvalue weighted by atomic mass is 10.2. The maximum absolute atomic E-state index is 11.7. The molecule has 2 rings (SSSR count). The summed E-state index contributed by atoms with van der Waals surface area (Å²) in [5.41, 5.74) is 6.19. The second kappa shape index (κ2) is 4.86. The first-order valence-electron chi connectivity index (χ1n) is 5.63. The van der Waals surface area contributed by atoms with Crippen molar-refractivity contribution in [3.63, 3.8) is 0 Å². The maximum atomic E-state index is 11.7. The molecule has 0 aliphatic heterocycles. The Bertz CT molecular complexity index is 414. The van der Waals surface area contributed by atoms with Gasteiger partial charge < -0.3 is 16.4 Å². The molecule has 17 heavy (non-hydrogen) atoms. The number of nitrogens with one attached hydrogen (secondary N) is 3. The fourth-order valence-electron chi connectivity index (χ4n) is 1.71. The van der Waals surface area contributed by atoms with E-state index in [-0.39, 0.29) is 17.9 Å². The number of hydrogen-bond donors (Lipinski definition) is 4. The number of carbonyl (C=O) groups is 1. The van der Waals surface area contributed by atoms with Crippen LogP contribution in [0.3, 0.4) is 0 Å². The molecule has 5 heteroatoms. The first-order valence-corrected chi connectivity index (χ1v) is 5.63. The Hall–Kier alpha value is -2.04. The molecule has 1 saturated carbocycles. The van der Waals surface area contributed by atoms with Crippen molar-refractivity contribution in [2.75, 3.05) is 5.32 Å². The zero-order chi connectivity index (χ0) is 12.3. The number of nitrogens with two attached hydrogens (primary N) is 1. The third-order valence-electron chi connectivity index (χ3n) is 2.75. The average molecular weight is 232 g/mol. The molecule has 1 aromatic rings. The van der Waals surface area contributed by atoms with E-state index in [1.54, 1.807) is 12.1 Å². The van der Waals surface area contributed by atoms with E-state index in [1.807, 2.05) is 18.2 Å². The Morgan fingerprint density at radius 3 is 2.53 bits per heavy atom. The van der Waals surface area contributed by atoms with Gasteiger partial charge in [-0.3, -0.25) is 5.41 Å². The van der Waals surface area contributed by atoms with Crippen LogP contribution in [-0.4, -0.2) is 17.9 Å². The van der Waals surface area contributed by atoms with E-state index in [9.17, 15) is 4.79 Å². The third kappa shape index (κ3) is 3.21. The SMILES string of the molecule is N=C(N)C(NC(=O)Nc1ccccc1)C1CC1. The molecule has 0 radical (unpaired) electrons. The smallest absolute Gasteiger partial charge is 0.319 e. The van der Waals surface area contributed by atoms with Gasteiger partial charge >= 0.3 is 6.03 Å². The van der Waals surface area contributed by atoms with E-state index >= 15 is 0 Å². The molecule has 1 fully saturated rings. The molecule has 90 valence electrons. The van der Waals surface area contributed by atoms with Crippen LogP contribution in [0.15, 0.2) is 30.3 Å². The van der Waals surface area contributed by atoms with Gasteiger partial charge in [0, 0.05) is 5.69 Å². The van der Waals surface area contributed by atoms with Gasteiger partial charge in [-0.1, -0.05) is 18.2 Å². The Morgan fingerprint density at radius 1 is 1.35 bits per heavy atom. The minimum absolute atomic E-state index is 0.0238. The maximum Gasteiger partial charge on any atom is 0.319 e. The minimum atomic E-state index is -0.335. The van der Waals surface area contributed by atoms with Crippen molar-refractivity contribution in [2.45, 2.75) is 18.9 Å². The van der Waals surface area contributed by atoms with Gasteiger partial charge in [0.15, 0.2) is 0 Å². The van der Waals surface area contributed by atoms with E-state index in [1.165, 1.54) is 0 Å². The van der Waals surface area contributed by atoms with E-state index in [0.29, 0.717) is 5.92 Å². The highest BCUT2D eigenvalue weighted by Gasteiger charge is 2.34. The summed E-state index contributed by atoms with van der Waals surface area (Å²) in [7, 11) is 0. The summed E-state index contributed by atoms with van der Waals surface area (Å²) in [4.78, 5) is 11.7. The van der Waals surface area contributed by atoms with Gasteiger partial charge in [0.2, 0.25) is 0 Å². The lowest BCUT2D eigenvalue weighted by Crippen LogP contribution is -2.47. The largest absolute Gasteiger partial charge is 0.386 e. The fourth-order valence-corrected chi connectivity index (χ4v) is 1.71. The molecular formula is C12H16N4O. The summed E-state index contributed by atoms with van der Waals surface area (Å²) in [6.45, 7) is 0. The summed E-state index contributed by atoms with van der Waals surface area (Å²) in [6.07, 6.45) is 2.05. The molecule has 0 bridgehead atoms. The van der Waals surface area contributed by atoms with Crippen LogP contribution >= 0.6 is 0 Å². The van der Waals surface area contributed by atoms with Gasteiger partial charge in [-0.25, -0.2) is 4.79 Å². The molecule has 0 saturated heterocycles. The quantitative estimate of drug-likeness (QED) is 0.468. The topological polar surface area (TPSA) is 91.0 Å². The van der Waals surface area contributed by atoms with Crippen molar-refractivity contribution in [3.05, 3.63) is 30.3 Å². The van der Waals surface area contributed by atoms with Crippen LogP contribution in [0, 0.1) is 11.3 Å². The molecule has 0 spiro atoms. The molecule has 0 heterocycles. The molecule has 0 aromatic heterocycles. The van der Waals surface area contributed by atoms with Crippen LogP contribution in [0.2, 0.25) is 0 Å². The Kier molecular flexibility index (Phi) is 3.27. The van der Waals surface area contributed by atoms with Crippen LogP contribution in [0.25, 0.3) is 0 Å². The van der Waals surface area contributed by atoms with E-state index in [2.05, 4.69) is 10.6 Å². The summed E-state index contributed by atoms with van der Waals surface area (Å²) < 4.78 is 0. The molecular weight excluding hydrogens is 216 g/mol. The summed E-state index contributed by atoms with van der Waals surface area (Å²) in [5, 5.41) is 12.9. The Balaban J connectivity index is 1.90. The minimum Gasteiger partial charge on any atom is -0.386 e. The average Bonchev–Trinajstić information content (AvgIpc) is 3.11. The number of rotatable bonds is 4. The van der Waals surface area contributed by atoms with Gasteiger partial charge in [-0.05, 0) is 30.9 Å². The van der Waals surface area contributed by atoms with Gasteiger partial charge in [-0.15, -0.1) is 0 Å². The number of urea groups is 1. The van der Waals surface area contributed by atoms with E-state index in [4.69, 9.17) is 11.1 Å². The van der Waals surface area contributed by atoms with E-state index < -0.39 is 0 Å². The molecule has 5 nitrogen and oxygen atoms in total. The van der Waals surface area contributed by atoms with Crippen molar-refractivity contribution in [1.29, 1.82) is 5.41 Å². The molecule has 1 aliphatic carbocycles. The third-order valence-corrected chi connectivity index (χ3v) is 2.75. The highest BCUT2D eigenvalue weighted by molar-refractivity contribution is 5.94. The Morgan fingerprint density at radius 2 is 2.00 bits per heavy atom. The predicted molar refractivity (Wildman–Crippen MR) is 67.0 cm³/mol. The van der Waals surface area contributed by atoms with Crippen LogP contribution in [0.5, 0.6) is 0 Å². The summed E-state index contributed by atoms with van der Waals surface area (Å²) in [6, 6.07) is 8.53. The van der Waals surface area contributed by atoms with Crippen LogP contribution in [-0.2, 0) is 0 Å². The van der Waals surface area contributed by atoms with Gasteiger partial charge in [0.25, 0.3) is 0 Å². The van der Waals surface area contributed by atoms with Crippen molar-refractivity contribution in [2.24, 2.45) is 11.7 Å². The number of amides is 2. The standard InChI is InChI=1S/C12H16N4O/c13-11(14)10(8-6-7-8)16-12(17)15-9-4-2-1-3-5-9/h1-5,8,10H,6-7H2,(H3,13,14)(H2,15,16,17). The van der Waals surface area contributed by atoms with Gasteiger partial charge in [-0.2, -0.15) is 0 Å². The fraction of sp³-hybridized carbons (Fsp3) is 0.333. The molecule has 1 aromatic carbocycles. The van der Waals surface area contributed by atoms with Crippen LogP contribution in [0.1, 0.15) is 12.8 Å². The number of carbonyl (C=O) groups excluding carboxylic acids is 1. The lowest BCUT2D eigenvalue weighted by molar-refractivity contribution is 0.250. The summed E-state index contributed by atoms with van der Waals surface area (Å²) >= 11 is 0. The molecule has 2 amide bonds. The normalized spacial score (nSPS) is 16.0. The number of benzene rings is 1. The zero-order valence-electron chi connectivity index (χ0n) is 9.44. The second-order valence-corrected chi connectivity index (χ2v) is 4.23. The second-order valence-electron chi connectivity index (χ2n) is 4.23. The molecule has 1 aliphatic rings. The highest BCUT2D eigenvalue weighted by atomic mass is 16.2. The summed E-state index contributed by atoms with van der Waals surface area (Å²) in [5.74, 6) is 0.352. The molecule has 5 N–H and O–H groups in total. The van der Waals surface area contributed by atoms with Crippen LogP contribution < -0.4 is 16.4 Å². The number of para-hydroxylation sites is 1. The number of anilines is 1. The van der Waals surface area contributed by atoms with Crippen LogP contribution in [0.4, 0.5) is 10.5 Å². The number of amidine groups is 1. The highest BCUT2D eigenvalue weighted by Crippen LogP contribution is 2.32. The van der Waals surface area contributed by atoms with Crippen molar-refractivity contribution < 1.29 is 4.79 Å². The first-order chi connectivity index (χ1) is 8.16. The molecule has 1 atom stereocenters. The van der Waals surface area contributed by atoms with Crippen molar-refractivity contribution in [1.82, 2.24) is 5.32 Å². The van der Waals surface area contributed by atoms with Crippen molar-refractivity contribution >= 4 is 17.6 Å². The van der Waals surface area contributed by atoms with Gasteiger partial charge in [0.05, 0.1) is 6.04 Å². The van der Waals surface area contributed by atoms with Crippen molar-refractivity contribution in [3.8, 4) is 0 Å². The monoisotopic (exact) mass is 232 g/mol. The van der Waals surface area contributed by atoms with Gasteiger partial charge in [0.1, 0.15) is 5.84 Å². The van der Waals surface area contributed by atoms with E-state index in [0.717, 1.165) is 18.5 Å². The lowest BCUT2D eigenvalue weighted by Gasteiger charge is -2.17. The molecule has 1 unspecified atom stereocenters. The predicted octanol–water partition coefficient (Wildman–Crippen LogP) is 1.52. The Labute approximate surface area is 99.9 Å².